The van der Waals surface area contributed by atoms with Crippen molar-refractivity contribution in [3.05, 3.63) is 97.4 Å². The number of fused-ring (bicyclic) bond motifs is 2. The van der Waals surface area contributed by atoms with Crippen molar-refractivity contribution in [3.8, 4) is 11.5 Å². The topological polar surface area (TPSA) is 107 Å². The number of rotatable bonds is 7. The second-order valence-electron chi connectivity index (χ2n) is 10.1. The van der Waals surface area contributed by atoms with Crippen molar-refractivity contribution in [2.45, 2.75) is 29.7 Å². The zero-order valence-corrected chi connectivity index (χ0v) is 25.7. The van der Waals surface area contributed by atoms with Gasteiger partial charge >= 0.3 is 4.87 Å². The molecule has 3 aromatic carbocycles. The predicted octanol–water partition coefficient (Wildman–Crippen LogP) is 5.32. The van der Waals surface area contributed by atoms with E-state index in [9.17, 15) is 19.2 Å². The van der Waals surface area contributed by atoms with Gasteiger partial charge in [-0.25, -0.2) is 4.90 Å². The van der Waals surface area contributed by atoms with Crippen LogP contribution in [0.2, 0.25) is 5.02 Å². The van der Waals surface area contributed by atoms with Crippen LogP contribution in [0.25, 0.3) is 0 Å². The summed E-state index contributed by atoms with van der Waals surface area (Å²) in [6.07, 6.45) is 0. The minimum Gasteiger partial charge on any atom is -0.493 e. The molecule has 0 spiro atoms. The van der Waals surface area contributed by atoms with Gasteiger partial charge in [0, 0.05) is 21.5 Å². The molecule has 220 valence electrons. The number of para-hydroxylation sites is 1. The number of benzene rings is 3. The molecule has 43 heavy (non-hydrogen) atoms. The van der Waals surface area contributed by atoms with E-state index in [0.717, 1.165) is 28.7 Å². The number of carbonyl (C=O) groups is 3. The molecular weight excluding hydrogens is 610 g/mol. The van der Waals surface area contributed by atoms with Crippen LogP contribution in [0.1, 0.15) is 21.9 Å². The summed E-state index contributed by atoms with van der Waals surface area (Å²) in [5, 5.41) is 3.02. The van der Waals surface area contributed by atoms with Crippen LogP contribution in [-0.2, 0) is 20.9 Å². The van der Waals surface area contributed by atoms with Crippen LogP contribution in [0.4, 0.5) is 11.4 Å². The monoisotopic (exact) mass is 635 g/mol. The Morgan fingerprint density at radius 3 is 2.37 bits per heavy atom. The number of anilines is 2. The third-order valence-corrected chi connectivity index (χ3v) is 10.5. The Bertz CT molecular complexity index is 1820. The molecule has 0 bridgehead atoms. The SMILES string of the molecule is COc1ccc(C2c3sc(=O)n(CC(=O)Nc4ccccc4C)c3SC3C(=O)N(c4ccc(Cl)cc4)C(=O)C32)cc1OC. The first kappa shape index (κ1) is 29.0. The van der Waals surface area contributed by atoms with E-state index >= 15 is 0 Å². The number of thiazole rings is 1. The number of amides is 3. The van der Waals surface area contributed by atoms with Gasteiger partial charge < -0.3 is 14.8 Å². The third kappa shape index (κ3) is 5.11. The number of aromatic nitrogens is 1. The lowest BCUT2D eigenvalue weighted by Crippen LogP contribution is -2.33. The molecule has 3 unspecified atom stereocenters. The Balaban J connectivity index is 1.44. The fraction of sp³-hybridized carbons (Fsp3) is 0.226. The van der Waals surface area contributed by atoms with Gasteiger partial charge in [0.1, 0.15) is 11.8 Å². The van der Waals surface area contributed by atoms with Crippen LogP contribution < -0.4 is 24.6 Å². The molecule has 6 rings (SSSR count). The number of methoxy groups -OCH3 is 2. The largest absolute Gasteiger partial charge is 0.493 e. The van der Waals surface area contributed by atoms with E-state index in [1.54, 1.807) is 42.5 Å². The van der Waals surface area contributed by atoms with Gasteiger partial charge in [0.05, 0.1) is 30.9 Å². The van der Waals surface area contributed by atoms with Crippen molar-refractivity contribution in [2.24, 2.45) is 5.92 Å². The fourth-order valence-corrected chi connectivity index (χ4v) is 8.45. The second-order valence-corrected chi connectivity index (χ2v) is 12.7. The lowest BCUT2D eigenvalue weighted by molar-refractivity contribution is -0.122. The summed E-state index contributed by atoms with van der Waals surface area (Å²) in [6.45, 7) is 1.64. The summed E-state index contributed by atoms with van der Waals surface area (Å²) in [4.78, 5) is 56.0. The van der Waals surface area contributed by atoms with Gasteiger partial charge in [-0.1, -0.05) is 59.0 Å². The smallest absolute Gasteiger partial charge is 0.308 e. The van der Waals surface area contributed by atoms with Gasteiger partial charge in [-0.3, -0.25) is 23.7 Å². The van der Waals surface area contributed by atoms with Crippen LogP contribution in [0.3, 0.4) is 0 Å². The van der Waals surface area contributed by atoms with Crippen molar-refractivity contribution in [3.63, 3.8) is 0 Å². The first-order chi connectivity index (χ1) is 20.7. The number of carbonyl (C=O) groups excluding carboxylic acids is 3. The first-order valence-electron chi connectivity index (χ1n) is 13.3. The Morgan fingerprint density at radius 1 is 0.953 bits per heavy atom. The number of nitrogens with zero attached hydrogens (tertiary/aromatic N) is 2. The Morgan fingerprint density at radius 2 is 1.67 bits per heavy atom. The highest BCUT2D eigenvalue weighted by Crippen LogP contribution is 2.54. The van der Waals surface area contributed by atoms with Crippen LogP contribution in [0, 0.1) is 12.8 Å². The number of ether oxygens (including phenoxy) is 2. The van der Waals surface area contributed by atoms with Crippen molar-refractivity contribution < 1.29 is 23.9 Å². The summed E-state index contributed by atoms with van der Waals surface area (Å²) in [6, 6.07) is 19.2. The number of hydrogen-bond donors (Lipinski definition) is 1. The van der Waals surface area contributed by atoms with E-state index < -0.39 is 23.0 Å². The molecule has 1 fully saturated rings. The van der Waals surface area contributed by atoms with E-state index in [4.69, 9.17) is 21.1 Å². The summed E-state index contributed by atoms with van der Waals surface area (Å²) in [5.41, 5.74) is 2.64. The van der Waals surface area contributed by atoms with Crippen LogP contribution in [0.15, 0.2) is 76.6 Å². The van der Waals surface area contributed by atoms with Crippen molar-refractivity contribution >= 4 is 63.8 Å². The van der Waals surface area contributed by atoms with Gasteiger partial charge in [0.25, 0.3) is 0 Å². The first-order valence-corrected chi connectivity index (χ1v) is 15.4. The molecule has 1 saturated heterocycles. The van der Waals surface area contributed by atoms with Crippen LogP contribution >= 0.6 is 34.7 Å². The highest BCUT2D eigenvalue weighted by Gasteiger charge is 2.57. The maximum Gasteiger partial charge on any atom is 0.308 e. The molecule has 9 nitrogen and oxygen atoms in total. The molecule has 12 heteroatoms. The summed E-state index contributed by atoms with van der Waals surface area (Å²) < 4.78 is 12.4. The third-order valence-electron chi connectivity index (χ3n) is 7.62. The lowest BCUT2D eigenvalue weighted by atomic mass is 9.83. The maximum absolute atomic E-state index is 14.1. The van der Waals surface area contributed by atoms with E-state index in [2.05, 4.69) is 5.32 Å². The molecule has 2 aliphatic rings. The zero-order chi connectivity index (χ0) is 30.4. The maximum atomic E-state index is 14.1. The van der Waals surface area contributed by atoms with Gasteiger partial charge in [0.15, 0.2) is 11.5 Å². The normalized spacial score (nSPS) is 19.2. The fourth-order valence-electron chi connectivity index (χ4n) is 5.55. The number of halogens is 1. The number of nitrogens with one attached hydrogen (secondary N) is 1. The Labute approximate surface area is 260 Å². The average Bonchev–Trinajstić information content (AvgIpc) is 3.44. The van der Waals surface area contributed by atoms with Crippen molar-refractivity contribution in [1.29, 1.82) is 0 Å². The van der Waals surface area contributed by atoms with Crippen LogP contribution in [0.5, 0.6) is 11.5 Å². The van der Waals surface area contributed by atoms with E-state index in [-0.39, 0.29) is 23.2 Å². The van der Waals surface area contributed by atoms with Crippen molar-refractivity contribution in [1.82, 2.24) is 4.57 Å². The molecule has 0 aliphatic carbocycles. The minimum atomic E-state index is -0.826. The molecule has 0 radical (unpaired) electrons. The quantitative estimate of drug-likeness (QED) is 0.274. The predicted molar refractivity (Wildman–Crippen MR) is 167 cm³/mol. The number of hydrogen-bond acceptors (Lipinski definition) is 8. The minimum absolute atomic E-state index is 0.245. The van der Waals surface area contributed by atoms with Gasteiger partial charge in [-0.15, -0.1) is 0 Å². The molecule has 4 aromatic rings. The zero-order valence-electron chi connectivity index (χ0n) is 23.3. The summed E-state index contributed by atoms with van der Waals surface area (Å²) in [5.74, 6) is -1.64. The van der Waals surface area contributed by atoms with Gasteiger partial charge in [0.2, 0.25) is 17.7 Å². The number of thioether (sulfide) groups is 1. The number of aryl methyl sites for hydroxylation is 1. The van der Waals surface area contributed by atoms with Gasteiger partial charge in [-0.05, 0) is 60.5 Å². The number of imide groups is 1. The second kappa shape index (κ2) is 11.6. The average molecular weight is 636 g/mol. The molecule has 3 amide bonds. The van der Waals surface area contributed by atoms with E-state index in [1.807, 2.05) is 31.2 Å². The highest BCUT2D eigenvalue weighted by atomic mass is 35.5. The van der Waals surface area contributed by atoms with E-state index in [1.165, 1.54) is 23.7 Å². The Kier molecular flexibility index (Phi) is 7.80. The van der Waals surface area contributed by atoms with Crippen LogP contribution in [-0.4, -0.2) is 41.8 Å². The molecule has 1 N–H and O–H groups in total. The van der Waals surface area contributed by atoms with Gasteiger partial charge in [-0.2, -0.15) is 0 Å². The standard InChI is InChI=1S/C31H26ClN3O6S2/c1-16-6-4-5-7-20(16)33-23(36)15-34-30-27(43-31(34)39)24(17-8-13-21(40-2)22(14-17)41-3)25-26(42-30)29(38)35(28(25)37)19-11-9-18(32)10-12-19/h4-14,24-26H,15H2,1-3H3,(H,33,36). The summed E-state index contributed by atoms with van der Waals surface area (Å²) in [7, 11) is 3.04. The molecule has 3 atom stereocenters. The molecule has 1 aromatic heterocycles. The molecule has 2 aliphatic heterocycles. The summed E-state index contributed by atoms with van der Waals surface area (Å²) >= 11 is 8.21. The molecule has 0 saturated carbocycles. The molecule has 3 heterocycles. The van der Waals surface area contributed by atoms with Crippen molar-refractivity contribution in [2.75, 3.05) is 24.4 Å². The lowest BCUT2D eigenvalue weighted by Gasteiger charge is -2.31. The molecular formula is C31H26ClN3O6S2. The Hall–Kier alpha value is -4.06. The van der Waals surface area contributed by atoms with E-state index in [0.29, 0.717) is 43.4 Å². The highest BCUT2D eigenvalue weighted by molar-refractivity contribution is 8.00.